The SMILES string of the molecule is CCC(N)c1c(C)[nH]c2ccccc12. The van der Waals surface area contributed by atoms with E-state index in [1.54, 1.807) is 0 Å². The Morgan fingerprint density at radius 2 is 2.07 bits per heavy atom. The van der Waals surface area contributed by atoms with Gasteiger partial charge in [0.25, 0.3) is 0 Å². The van der Waals surface area contributed by atoms with Crippen LogP contribution in [0.1, 0.15) is 30.6 Å². The van der Waals surface area contributed by atoms with Crippen LogP contribution in [-0.2, 0) is 0 Å². The van der Waals surface area contributed by atoms with Crippen molar-refractivity contribution in [2.24, 2.45) is 5.73 Å². The molecule has 0 saturated carbocycles. The van der Waals surface area contributed by atoms with Crippen molar-refractivity contribution in [1.29, 1.82) is 0 Å². The molecular formula is C12H16N2. The number of H-pyrrole nitrogens is 1. The monoisotopic (exact) mass is 188 g/mol. The number of para-hydroxylation sites is 1. The second kappa shape index (κ2) is 3.46. The van der Waals surface area contributed by atoms with E-state index in [4.69, 9.17) is 5.73 Å². The molecule has 0 bridgehead atoms. The molecule has 2 aromatic rings. The zero-order chi connectivity index (χ0) is 10.1. The third-order valence-corrected chi connectivity index (χ3v) is 2.75. The van der Waals surface area contributed by atoms with E-state index >= 15 is 0 Å². The van der Waals surface area contributed by atoms with Crippen molar-refractivity contribution in [3.05, 3.63) is 35.5 Å². The molecule has 0 fully saturated rings. The van der Waals surface area contributed by atoms with Crippen LogP contribution in [0.5, 0.6) is 0 Å². The molecule has 0 radical (unpaired) electrons. The Labute approximate surface area is 84.1 Å². The molecule has 14 heavy (non-hydrogen) atoms. The van der Waals surface area contributed by atoms with Gasteiger partial charge in [0, 0.05) is 22.6 Å². The fourth-order valence-corrected chi connectivity index (χ4v) is 1.98. The lowest BCUT2D eigenvalue weighted by atomic mass is 10.0. The lowest BCUT2D eigenvalue weighted by molar-refractivity contribution is 0.699. The molecular weight excluding hydrogens is 172 g/mol. The van der Waals surface area contributed by atoms with Crippen molar-refractivity contribution >= 4 is 10.9 Å². The first kappa shape index (κ1) is 9.28. The number of nitrogens with two attached hydrogens (primary N) is 1. The fraction of sp³-hybridized carbons (Fsp3) is 0.333. The summed E-state index contributed by atoms with van der Waals surface area (Å²) < 4.78 is 0. The average Bonchev–Trinajstić information content (AvgIpc) is 2.53. The number of aromatic amines is 1. The summed E-state index contributed by atoms with van der Waals surface area (Å²) in [4.78, 5) is 3.36. The van der Waals surface area contributed by atoms with E-state index in [-0.39, 0.29) is 6.04 Å². The van der Waals surface area contributed by atoms with Crippen LogP contribution < -0.4 is 5.73 Å². The summed E-state index contributed by atoms with van der Waals surface area (Å²) in [6.07, 6.45) is 0.975. The molecule has 0 amide bonds. The number of aryl methyl sites for hydroxylation is 1. The highest BCUT2D eigenvalue weighted by Gasteiger charge is 2.12. The topological polar surface area (TPSA) is 41.8 Å². The number of benzene rings is 1. The molecule has 1 atom stereocenters. The molecule has 1 aromatic carbocycles. The van der Waals surface area contributed by atoms with Crippen molar-refractivity contribution in [3.8, 4) is 0 Å². The summed E-state index contributed by atoms with van der Waals surface area (Å²) in [5.74, 6) is 0. The summed E-state index contributed by atoms with van der Waals surface area (Å²) in [6.45, 7) is 4.21. The van der Waals surface area contributed by atoms with Gasteiger partial charge in [0.05, 0.1) is 0 Å². The highest BCUT2D eigenvalue weighted by Crippen LogP contribution is 2.27. The quantitative estimate of drug-likeness (QED) is 0.747. The van der Waals surface area contributed by atoms with Gasteiger partial charge in [-0.3, -0.25) is 0 Å². The van der Waals surface area contributed by atoms with E-state index in [1.165, 1.54) is 22.2 Å². The predicted octanol–water partition coefficient (Wildman–Crippen LogP) is 2.89. The van der Waals surface area contributed by atoms with Gasteiger partial charge in [-0.1, -0.05) is 25.1 Å². The van der Waals surface area contributed by atoms with Crippen molar-refractivity contribution in [3.63, 3.8) is 0 Å². The Morgan fingerprint density at radius 1 is 1.36 bits per heavy atom. The van der Waals surface area contributed by atoms with E-state index in [0.717, 1.165) is 6.42 Å². The number of rotatable bonds is 2. The van der Waals surface area contributed by atoms with Crippen LogP contribution in [-0.4, -0.2) is 4.98 Å². The first-order chi connectivity index (χ1) is 6.74. The fourth-order valence-electron chi connectivity index (χ4n) is 1.98. The third kappa shape index (κ3) is 1.32. The van der Waals surface area contributed by atoms with Crippen molar-refractivity contribution in [2.75, 3.05) is 0 Å². The molecule has 3 N–H and O–H groups in total. The molecule has 0 aliphatic rings. The Balaban J connectivity index is 2.67. The highest BCUT2D eigenvalue weighted by atomic mass is 14.7. The molecule has 1 heterocycles. The zero-order valence-corrected chi connectivity index (χ0v) is 8.67. The van der Waals surface area contributed by atoms with Gasteiger partial charge in [-0.2, -0.15) is 0 Å². The second-order valence-corrected chi connectivity index (χ2v) is 3.72. The number of hydrogen-bond acceptors (Lipinski definition) is 1. The highest BCUT2D eigenvalue weighted by molar-refractivity contribution is 5.85. The van der Waals surface area contributed by atoms with Crippen LogP contribution in [0.15, 0.2) is 24.3 Å². The Hall–Kier alpha value is -1.28. The first-order valence-electron chi connectivity index (χ1n) is 5.06. The molecule has 0 aliphatic heterocycles. The van der Waals surface area contributed by atoms with Gasteiger partial charge < -0.3 is 10.7 Å². The van der Waals surface area contributed by atoms with Gasteiger partial charge >= 0.3 is 0 Å². The lowest BCUT2D eigenvalue weighted by Crippen LogP contribution is -2.09. The molecule has 0 aliphatic carbocycles. The van der Waals surface area contributed by atoms with Gasteiger partial charge in [0.1, 0.15) is 0 Å². The summed E-state index contributed by atoms with van der Waals surface area (Å²) in [6, 6.07) is 8.46. The second-order valence-electron chi connectivity index (χ2n) is 3.72. The number of fused-ring (bicyclic) bond motifs is 1. The Morgan fingerprint density at radius 3 is 2.79 bits per heavy atom. The zero-order valence-electron chi connectivity index (χ0n) is 8.67. The minimum absolute atomic E-state index is 0.145. The largest absolute Gasteiger partial charge is 0.358 e. The summed E-state index contributed by atoms with van der Waals surface area (Å²) in [5, 5.41) is 1.26. The van der Waals surface area contributed by atoms with Crippen LogP contribution >= 0.6 is 0 Å². The van der Waals surface area contributed by atoms with Crippen LogP contribution in [0.3, 0.4) is 0 Å². The Bertz CT molecular complexity index is 443. The smallest absolute Gasteiger partial charge is 0.0459 e. The van der Waals surface area contributed by atoms with E-state index in [9.17, 15) is 0 Å². The first-order valence-corrected chi connectivity index (χ1v) is 5.06. The van der Waals surface area contributed by atoms with E-state index in [0.29, 0.717) is 0 Å². The summed E-state index contributed by atoms with van der Waals surface area (Å²) in [5.41, 5.74) is 9.73. The average molecular weight is 188 g/mol. The van der Waals surface area contributed by atoms with Crippen molar-refractivity contribution in [1.82, 2.24) is 4.98 Å². The number of nitrogens with one attached hydrogen (secondary N) is 1. The van der Waals surface area contributed by atoms with Gasteiger partial charge in [-0.15, -0.1) is 0 Å². The summed E-state index contributed by atoms with van der Waals surface area (Å²) >= 11 is 0. The number of hydrogen-bond donors (Lipinski definition) is 2. The minimum Gasteiger partial charge on any atom is -0.358 e. The molecule has 2 rings (SSSR count). The van der Waals surface area contributed by atoms with Crippen LogP contribution in [0.25, 0.3) is 10.9 Å². The molecule has 2 heteroatoms. The van der Waals surface area contributed by atoms with Crippen molar-refractivity contribution in [2.45, 2.75) is 26.3 Å². The minimum atomic E-state index is 0.145. The predicted molar refractivity (Wildman–Crippen MR) is 60.3 cm³/mol. The molecule has 1 unspecified atom stereocenters. The molecule has 1 aromatic heterocycles. The van der Waals surface area contributed by atoms with Crippen LogP contribution in [0.2, 0.25) is 0 Å². The molecule has 2 nitrogen and oxygen atoms in total. The number of aromatic nitrogens is 1. The van der Waals surface area contributed by atoms with Gasteiger partial charge in [-0.25, -0.2) is 0 Å². The maximum Gasteiger partial charge on any atom is 0.0459 e. The molecule has 0 saturated heterocycles. The van der Waals surface area contributed by atoms with Gasteiger partial charge in [-0.05, 0) is 25.0 Å². The molecule has 0 spiro atoms. The summed E-state index contributed by atoms with van der Waals surface area (Å²) in [7, 11) is 0. The Kier molecular flexibility index (Phi) is 2.30. The maximum atomic E-state index is 6.09. The molecule has 74 valence electrons. The van der Waals surface area contributed by atoms with Gasteiger partial charge in [0.15, 0.2) is 0 Å². The van der Waals surface area contributed by atoms with E-state index in [1.807, 2.05) is 6.07 Å². The van der Waals surface area contributed by atoms with Gasteiger partial charge in [0.2, 0.25) is 0 Å². The third-order valence-electron chi connectivity index (χ3n) is 2.75. The van der Waals surface area contributed by atoms with Crippen LogP contribution in [0, 0.1) is 6.92 Å². The van der Waals surface area contributed by atoms with Crippen LogP contribution in [0.4, 0.5) is 0 Å². The van der Waals surface area contributed by atoms with E-state index < -0.39 is 0 Å². The van der Waals surface area contributed by atoms with Crippen molar-refractivity contribution < 1.29 is 0 Å². The standard InChI is InChI=1S/C12H16N2/c1-3-10(13)12-8(2)14-11-7-5-4-6-9(11)12/h4-7,10,14H,3,13H2,1-2H3. The lowest BCUT2D eigenvalue weighted by Gasteiger charge is -2.08. The maximum absolute atomic E-state index is 6.09. The normalized spacial score (nSPS) is 13.4. The van der Waals surface area contributed by atoms with E-state index in [2.05, 4.69) is 37.0 Å².